The van der Waals surface area contributed by atoms with E-state index in [4.69, 9.17) is 15.3 Å². The number of fused-ring (bicyclic) bond motifs is 1. The van der Waals surface area contributed by atoms with Crippen molar-refractivity contribution >= 4 is 50.5 Å². The second-order valence-electron chi connectivity index (χ2n) is 4.74. The van der Waals surface area contributed by atoms with Gasteiger partial charge in [0.15, 0.2) is 5.58 Å². The lowest BCUT2D eigenvalue weighted by molar-refractivity contribution is -0.138. The Morgan fingerprint density at radius 3 is 2.91 bits per heavy atom. The number of halogens is 2. The second kappa shape index (κ2) is 5.56. The van der Waals surface area contributed by atoms with Crippen LogP contribution in [0.3, 0.4) is 0 Å². The molecule has 6 nitrogen and oxygen atoms in total. The topological polar surface area (TPSA) is 106 Å². The quantitative estimate of drug-likeness (QED) is 0.722. The van der Waals surface area contributed by atoms with Crippen molar-refractivity contribution in [3.63, 3.8) is 0 Å². The van der Waals surface area contributed by atoms with Crippen molar-refractivity contribution in [2.45, 2.75) is 11.4 Å². The molecule has 1 saturated heterocycles. The number of benzene rings is 1. The Hall–Kier alpha value is -1.58. The van der Waals surface area contributed by atoms with E-state index < -0.39 is 28.6 Å². The van der Waals surface area contributed by atoms with Gasteiger partial charge in [0.1, 0.15) is 11.9 Å². The number of carboxylic acids is 1. The molecule has 0 saturated carbocycles. The van der Waals surface area contributed by atoms with Crippen LogP contribution >= 0.6 is 27.7 Å². The molecule has 2 heterocycles. The van der Waals surface area contributed by atoms with Crippen molar-refractivity contribution in [2.24, 2.45) is 0 Å². The van der Waals surface area contributed by atoms with E-state index >= 15 is 0 Å². The number of anilines is 1. The van der Waals surface area contributed by atoms with E-state index in [1.807, 2.05) is 0 Å². The Kier molecular flexibility index (Phi) is 3.87. The zero-order valence-electron chi connectivity index (χ0n) is 10.9. The van der Waals surface area contributed by atoms with Gasteiger partial charge in [-0.15, -0.1) is 11.8 Å². The van der Waals surface area contributed by atoms with Crippen LogP contribution in [-0.4, -0.2) is 22.9 Å². The highest BCUT2D eigenvalue weighted by atomic mass is 79.9. The summed E-state index contributed by atoms with van der Waals surface area (Å²) in [6.45, 7) is 0. The lowest BCUT2D eigenvalue weighted by atomic mass is 10.1. The van der Waals surface area contributed by atoms with Crippen LogP contribution in [0.5, 0.6) is 0 Å². The number of rotatable bonds is 2. The van der Waals surface area contributed by atoms with Crippen molar-refractivity contribution in [1.82, 2.24) is 5.32 Å². The van der Waals surface area contributed by atoms with Crippen molar-refractivity contribution < 1.29 is 18.7 Å². The van der Waals surface area contributed by atoms with Gasteiger partial charge in [-0.05, 0) is 28.1 Å². The molecule has 0 spiro atoms. The predicted octanol–water partition coefficient (Wildman–Crippen LogP) is 2.06. The third-order valence-electron chi connectivity index (χ3n) is 3.32. The number of aliphatic carboxylic acids is 1. The summed E-state index contributed by atoms with van der Waals surface area (Å²) in [5.41, 5.74) is 5.60. The van der Waals surface area contributed by atoms with Crippen molar-refractivity contribution in [3.05, 3.63) is 38.2 Å². The number of carboxylic acid groups (broad SMARTS) is 1. The first-order valence-electron chi connectivity index (χ1n) is 6.20. The average Bonchev–Trinajstić information content (AvgIpc) is 2.90. The molecule has 0 bridgehead atoms. The van der Waals surface area contributed by atoms with E-state index in [-0.39, 0.29) is 26.9 Å². The highest BCUT2D eigenvalue weighted by Gasteiger charge is 2.34. The molecule has 1 aromatic heterocycles. The van der Waals surface area contributed by atoms with Crippen LogP contribution in [0.4, 0.5) is 10.3 Å². The van der Waals surface area contributed by atoms with Crippen LogP contribution in [-0.2, 0) is 4.79 Å². The maximum atomic E-state index is 13.5. The van der Waals surface area contributed by atoms with Gasteiger partial charge in [-0.1, -0.05) is 0 Å². The van der Waals surface area contributed by atoms with Gasteiger partial charge in [-0.25, -0.2) is 4.39 Å². The molecule has 1 aliphatic rings. The van der Waals surface area contributed by atoms with Gasteiger partial charge in [0, 0.05) is 5.75 Å². The van der Waals surface area contributed by atoms with E-state index in [0.29, 0.717) is 5.75 Å². The number of carbonyl (C=O) groups is 1. The van der Waals surface area contributed by atoms with Gasteiger partial charge in [0.25, 0.3) is 0 Å². The molecule has 2 aromatic rings. The average molecular weight is 389 g/mol. The van der Waals surface area contributed by atoms with E-state index in [0.717, 1.165) is 6.07 Å². The van der Waals surface area contributed by atoms with Gasteiger partial charge in [0.05, 0.1) is 20.8 Å². The van der Waals surface area contributed by atoms with Gasteiger partial charge in [-0.2, -0.15) is 0 Å². The van der Waals surface area contributed by atoms with Crippen LogP contribution in [0.1, 0.15) is 10.9 Å². The molecule has 3 rings (SSSR count). The van der Waals surface area contributed by atoms with E-state index in [2.05, 4.69) is 21.2 Å². The summed E-state index contributed by atoms with van der Waals surface area (Å²) in [5.74, 6) is -1.41. The van der Waals surface area contributed by atoms with Crippen molar-refractivity contribution in [3.8, 4) is 0 Å². The SMILES string of the molecule is Nc1oc2c(Br)cc(F)cc2c(=O)c1C1NC(C(=O)O)CS1. The molecule has 2 unspecified atom stereocenters. The van der Waals surface area contributed by atoms with Crippen LogP contribution in [0.2, 0.25) is 0 Å². The Bertz CT molecular complexity index is 841. The molecule has 22 heavy (non-hydrogen) atoms. The minimum Gasteiger partial charge on any atom is -0.480 e. The molecular formula is C13H10BrFN2O4S. The molecule has 9 heteroatoms. The van der Waals surface area contributed by atoms with Crippen molar-refractivity contribution in [1.29, 1.82) is 0 Å². The number of hydrogen-bond donors (Lipinski definition) is 3. The van der Waals surface area contributed by atoms with Gasteiger partial charge in [0.2, 0.25) is 11.3 Å². The highest BCUT2D eigenvalue weighted by molar-refractivity contribution is 9.10. The molecule has 0 radical (unpaired) electrons. The van der Waals surface area contributed by atoms with Gasteiger partial charge >= 0.3 is 5.97 Å². The minimum atomic E-state index is -1.01. The first-order valence-corrected chi connectivity index (χ1v) is 8.04. The van der Waals surface area contributed by atoms with Crippen LogP contribution < -0.4 is 16.5 Å². The zero-order chi connectivity index (χ0) is 16.0. The molecule has 0 aliphatic carbocycles. The Morgan fingerprint density at radius 2 is 2.27 bits per heavy atom. The largest absolute Gasteiger partial charge is 0.480 e. The molecule has 4 N–H and O–H groups in total. The monoisotopic (exact) mass is 388 g/mol. The molecule has 1 aliphatic heterocycles. The zero-order valence-corrected chi connectivity index (χ0v) is 13.3. The van der Waals surface area contributed by atoms with Crippen LogP contribution in [0, 0.1) is 5.82 Å². The molecule has 1 fully saturated rings. The third-order valence-corrected chi connectivity index (χ3v) is 5.14. The molecular weight excluding hydrogens is 379 g/mol. The van der Waals surface area contributed by atoms with Crippen LogP contribution in [0.15, 0.2) is 25.8 Å². The van der Waals surface area contributed by atoms with E-state index in [1.54, 1.807) is 0 Å². The summed E-state index contributed by atoms with van der Waals surface area (Å²) in [6, 6.07) is 1.47. The first kappa shape index (κ1) is 15.3. The first-order chi connectivity index (χ1) is 10.4. The minimum absolute atomic E-state index is 0.0530. The summed E-state index contributed by atoms with van der Waals surface area (Å²) in [4.78, 5) is 23.6. The molecule has 1 aromatic carbocycles. The van der Waals surface area contributed by atoms with Crippen LogP contribution in [0.25, 0.3) is 11.0 Å². The Labute approximate surface area is 136 Å². The normalized spacial score (nSPS) is 21.4. The Balaban J connectivity index is 2.15. The second-order valence-corrected chi connectivity index (χ2v) is 6.74. The number of nitrogens with one attached hydrogen (secondary N) is 1. The fourth-order valence-corrected chi connectivity index (χ4v) is 4.07. The molecule has 116 valence electrons. The highest BCUT2D eigenvalue weighted by Crippen LogP contribution is 2.36. The van der Waals surface area contributed by atoms with Gasteiger partial charge < -0.3 is 15.3 Å². The number of nitrogens with two attached hydrogens (primary N) is 1. The standard InChI is InChI=1S/C13H10BrFN2O4S/c14-6-2-4(15)1-5-9(18)8(11(16)21-10(5)6)12-17-7(3-22-12)13(19)20/h1-2,7,12,17H,3,16H2,(H,19,20). The maximum absolute atomic E-state index is 13.5. The summed E-state index contributed by atoms with van der Waals surface area (Å²) in [5, 5.41) is 11.2. The lowest BCUT2D eigenvalue weighted by Crippen LogP contribution is -2.35. The number of thioether (sulfide) groups is 1. The Morgan fingerprint density at radius 1 is 1.55 bits per heavy atom. The molecule has 2 atom stereocenters. The van der Waals surface area contributed by atoms with E-state index in [9.17, 15) is 14.0 Å². The fraction of sp³-hybridized carbons (Fsp3) is 0.231. The van der Waals surface area contributed by atoms with E-state index in [1.165, 1.54) is 17.8 Å². The summed E-state index contributed by atoms with van der Waals surface area (Å²) in [7, 11) is 0. The smallest absolute Gasteiger partial charge is 0.321 e. The van der Waals surface area contributed by atoms with Crippen molar-refractivity contribution in [2.75, 3.05) is 11.5 Å². The van der Waals surface area contributed by atoms with Gasteiger partial charge in [-0.3, -0.25) is 14.9 Å². The lowest BCUT2D eigenvalue weighted by Gasteiger charge is -2.13. The third kappa shape index (κ3) is 2.49. The number of hydrogen-bond acceptors (Lipinski definition) is 6. The molecule has 0 amide bonds. The predicted molar refractivity (Wildman–Crippen MR) is 84.3 cm³/mol. The maximum Gasteiger partial charge on any atom is 0.321 e. The fourth-order valence-electron chi connectivity index (χ4n) is 2.28. The summed E-state index contributed by atoms with van der Waals surface area (Å²) >= 11 is 4.37. The summed E-state index contributed by atoms with van der Waals surface area (Å²) < 4.78 is 19.2. The number of nitrogen functional groups attached to an aromatic ring is 1. The summed E-state index contributed by atoms with van der Waals surface area (Å²) in [6.07, 6.45) is 0.